The van der Waals surface area contributed by atoms with Crippen LogP contribution in [0, 0.1) is 0 Å². The molecule has 5 heteroatoms. The van der Waals surface area contributed by atoms with Crippen molar-refractivity contribution < 1.29 is 19.8 Å². The predicted molar refractivity (Wildman–Crippen MR) is 36.6 cm³/mol. The molecule has 0 saturated carbocycles. The monoisotopic (exact) mass is 159 g/mol. The molecule has 0 bridgehead atoms. The molecule has 0 aliphatic heterocycles. The molecule has 0 spiro atoms. The zero-order chi connectivity index (χ0) is 9.07. The molecule has 0 aromatic heterocycles. The number of nitrogens with one attached hydrogen (secondary N) is 1. The van der Waals surface area contributed by atoms with Gasteiger partial charge in [-0.3, -0.25) is 4.79 Å². The van der Waals surface area contributed by atoms with Crippen molar-refractivity contribution in [2.45, 2.75) is 12.6 Å². The van der Waals surface area contributed by atoms with Gasteiger partial charge in [-0.2, -0.15) is 0 Å². The molecule has 62 valence electrons. The summed E-state index contributed by atoms with van der Waals surface area (Å²) in [5.74, 6) is -2.26. The van der Waals surface area contributed by atoms with E-state index in [2.05, 4.69) is 6.58 Å². The van der Waals surface area contributed by atoms with Gasteiger partial charge in [0.15, 0.2) is 0 Å². The maximum Gasteiger partial charge on any atom is 0.356 e. The summed E-state index contributed by atoms with van der Waals surface area (Å²) in [5, 5.41) is 19.0. The Kier molecular flexibility index (Phi) is 2.77. The highest BCUT2D eigenvalue weighted by atomic mass is 16.4. The topological polar surface area (TPSA) is 86.6 Å². The summed E-state index contributed by atoms with van der Waals surface area (Å²) in [6.45, 7) is 4.04. The Morgan fingerprint density at radius 1 is 1.64 bits per heavy atom. The number of carbonyl (C=O) groups is 2. The van der Waals surface area contributed by atoms with Gasteiger partial charge in [0.05, 0.1) is 0 Å². The highest BCUT2D eigenvalue weighted by Crippen LogP contribution is 1.96. The fourth-order valence-corrected chi connectivity index (χ4v) is 0.344. The summed E-state index contributed by atoms with van der Waals surface area (Å²) in [6.07, 6.45) is 0.872. The molecule has 1 atom stereocenters. The predicted octanol–water partition coefficient (Wildman–Crippen LogP) is -0.918. The molecular weight excluding hydrogens is 150 g/mol. The molecule has 0 aromatic rings. The highest BCUT2D eigenvalue weighted by Gasteiger charge is 2.30. The number of hydrogen-bond acceptors (Lipinski definition) is 3. The van der Waals surface area contributed by atoms with Crippen LogP contribution in [-0.2, 0) is 9.59 Å². The summed E-state index contributed by atoms with van der Waals surface area (Å²) in [4.78, 5) is 20.7. The van der Waals surface area contributed by atoms with Crippen LogP contribution in [0.1, 0.15) is 6.92 Å². The SMILES string of the molecule is C=CC(=O)NC(C)(O)C(=O)O. The second-order valence-corrected chi connectivity index (χ2v) is 2.07. The van der Waals surface area contributed by atoms with Crippen LogP contribution in [0.3, 0.4) is 0 Å². The van der Waals surface area contributed by atoms with E-state index in [4.69, 9.17) is 10.2 Å². The lowest BCUT2D eigenvalue weighted by Crippen LogP contribution is -2.51. The average Bonchev–Trinajstić information content (AvgIpc) is 1.86. The fourth-order valence-electron chi connectivity index (χ4n) is 0.344. The van der Waals surface area contributed by atoms with Crippen LogP contribution in [0.2, 0.25) is 0 Å². The van der Waals surface area contributed by atoms with E-state index in [1.165, 1.54) is 0 Å². The molecule has 0 saturated heterocycles. The second-order valence-electron chi connectivity index (χ2n) is 2.07. The van der Waals surface area contributed by atoms with Gasteiger partial charge >= 0.3 is 5.97 Å². The van der Waals surface area contributed by atoms with Gasteiger partial charge in [0.1, 0.15) is 0 Å². The largest absolute Gasteiger partial charge is 0.478 e. The molecule has 1 amide bonds. The molecule has 0 heterocycles. The first-order chi connectivity index (χ1) is 4.90. The zero-order valence-corrected chi connectivity index (χ0v) is 6.00. The number of hydrogen-bond donors (Lipinski definition) is 3. The molecule has 11 heavy (non-hydrogen) atoms. The maximum absolute atomic E-state index is 10.5. The number of carbonyl (C=O) groups excluding carboxylic acids is 1. The van der Waals surface area contributed by atoms with Crippen molar-refractivity contribution in [2.24, 2.45) is 0 Å². The van der Waals surface area contributed by atoms with Crippen molar-refractivity contribution in [3.8, 4) is 0 Å². The molecule has 0 aliphatic carbocycles. The summed E-state index contributed by atoms with van der Waals surface area (Å²) < 4.78 is 0. The number of carboxylic acids is 1. The van der Waals surface area contributed by atoms with E-state index in [0.29, 0.717) is 0 Å². The Labute approximate surface area is 63.3 Å². The van der Waals surface area contributed by atoms with Gasteiger partial charge in [0.2, 0.25) is 11.6 Å². The number of rotatable bonds is 3. The summed E-state index contributed by atoms with van der Waals surface area (Å²) in [7, 11) is 0. The first kappa shape index (κ1) is 9.64. The summed E-state index contributed by atoms with van der Waals surface area (Å²) in [6, 6.07) is 0. The van der Waals surface area contributed by atoms with E-state index in [-0.39, 0.29) is 0 Å². The van der Waals surface area contributed by atoms with Crippen LogP contribution in [0.5, 0.6) is 0 Å². The lowest BCUT2D eigenvalue weighted by molar-refractivity contribution is -0.162. The fraction of sp³-hybridized carbons (Fsp3) is 0.333. The van der Waals surface area contributed by atoms with Crippen molar-refractivity contribution in [2.75, 3.05) is 0 Å². The number of amides is 1. The van der Waals surface area contributed by atoms with E-state index in [1.807, 2.05) is 0 Å². The van der Waals surface area contributed by atoms with Crippen molar-refractivity contribution in [1.82, 2.24) is 5.32 Å². The van der Waals surface area contributed by atoms with Gasteiger partial charge in [-0.25, -0.2) is 4.79 Å². The van der Waals surface area contributed by atoms with E-state index in [0.717, 1.165) is 13.0 Å². The third-order valence-electron chi connectivity index (χ3n) is 0.968. The maximum atomic E-state index is 10.5. The number of carboxylic acid groups (broad SMARTS) is 1. The van der Waals surface area contributed by atoms with Crippen LogP contribution in [0.15, 0.2) is 12.7 Å². The molecule has 0 aliphatic rings. The lowest BCUT2D eigenvalue weighted by atomic mass is 10.2. The van der Waals surface area contributed by atoms with Gasteiger partial charge in [0.25, 0.3) is 0 Å². The lowest BCUT2D eigenvalue weighted by Gasteiger charge is -2.17. The average molecular weight is 159 g/mol. The molecule has 3 N–H and O–H groups in total. The second kappa shape index (κ2) is 3.16. The van der Waals surface area contributed by atoms with Gasteiger partial charge in [-0.05, 0) is 13.0 Å². The van der Waals surface area contributed by atoms with Crippen molar-refractivity contribution in [1.29, 1.82) is 0 Å². The van der Waals surface area contributed by atoms with Crippen LogP contribution >= 0.6 is 0 Å². The Hall–Kier alpha value is -1.36. The normalized spacial score (nSPS) is 14.7. The first-order valence-electron chi connectivity index (χ1n) is 2.80. The van der Waals surface area contributed by atoms with Crippen molar-refractivity contribution >= 4 is 11.9 Å². The van der Waals surface area contributed by atoms with Gasteiger partial charge in [-0.15, -0.1) is 0 Å². The minimum Gasteiger partial charge on any atom is -0.478 e. The smallest absolute Gasteiger partial charge is 0.356 e. The van der Waals surface area contributed by atoms with Crippen LogP contribution < -0.4 is 5.32 Å². The Morgan fingerprint density at radius 3 is 2.36 bits per heavy atom. The molecule has 0 aromatic carbocycles. The van der Waals surface area contributed by atoms with Crippen LogP contribution in [0.25, 0.3) is 0 Å². The molecule has 0 radical (unpaired) electrons. The Balaban J connectivity index is 4.23. The van der Waals surface area contributed by atoms with Crippen molar-refractivity contribution in [3.05, 3.63) is 12.7 Å². The van der Waals surface area contributed by atoms with E-state index in [1.54, 1.807) is 5.32 Å². The quantitative estimate of drug-likeness (QED) is 0.367. The van der Waals surface area contributed by atoms with Gasteiger partial charge in [0, 0.05) is 0 Å². The van der Waals surface area contributed by atoms with Gasteiger partial charge in [-0.1, -0.05) is 6.58 Å². The third kappa shape index (κ3) is 2.81. The minimum atomic E-state index is -2.23. The van der Waals surface area contributed by atoms with E-state index < -0.39 is 17.6 Å². The van der Waals surface area contributed by atoms with Crippen LogP contribution in [0.4, 0.5) is 0 Å². The molecular formula is C6H9NO4. The minimum absolute atomic E-state index is 0.739. The van der Waals surface area contributed by atoms with Crippen LogP contribution in [-0.4, -0.2) is 27.8 Å². The summed E-state index contributed by atoms with van der Waals surface area (Å²) in [5.41, 5.74) is -2.23. The van der Waals surface area contributed by atoms with E-state index >= 15 is 0 Å². The highest BCUT2D eigenvalue weighted by molar-refractivity contribution is 5.91. The molecule has 5 nitrogen and oxygen atoms in total. The molecule has 0 fully saturated rings. The Bertz CT molecular complexity index is 197. The zero-order valence-electron chi connectivity index (χ0n) is 6.00. The molecule has 1 unspecified atom stereocenters. The number of aliphatic hydroxyl groups is 1. The van der Waals surface area contributed by atoms with E-state index in [9.17, 15) is 9.59 Å². The van der Waals surface area contributed by atoms with Gasteiger partial charge < -0.3 is 15.5 Å². The molecule has 0 rings (SSSR count). The van der Waals surface area contributed by atoms with Crippen molar-refractivity contribution in [3.63, 3.8) is 0 Å². The third-order valence-corrected chi connectivity index (χ3v) is 0.968. The number of aliphatic carboxylic acids is 1. The standard InChI is InChI=1S/C6H9NO4/c1-3-4(8)7-6(2,11)5(9)10/h3,11H,1H2,2H3,(H,7,8)(H,9,10). The summed E-state index contributed by atoms with van der Waals surface area (Å²) >= 11 is 0. The first-order valence-corrected chi connectivity index (χ1v) is 2.80. The Morgan fingerprint density at radius 2 is 2.09 bits per heavy atom.